The van der Waals surface area contributed by atoms with Crippen LogP contribution in [0.2, 0.25) is 0 Å². The van der Waals surface area contributed by atoms with Gasteiger partial charge in [0.1, 0.15) is 17.5 Å². The number of piperidine rings is 1. The fourth-order valence-electron chi connectivity index (χ4n) is 7.15. The minimum Gasteiger partial charge on any atom is -0.481 e. The Hall–Kier alpha value is -4.12. The van der Waals surface area contributed by atoms with Gasteiger partial charge >= 0.3 is 12.6 Å². The van der Waals surface area contributed by atoms with Crippen molar-refractivity contribution >= 4 is 17.6 Å². The SMILES string of the molecule is CO[C@@H]1C[C@H](c2ccccc2OC(F)F)c2c1nc1ccc(-c3cnc(N4CC5CCC(C4)C5C(=O)O)nc3)cn21. The second-order valence-electron chi connectivity index (χ2n) is 11.1. The second-order valence-corrected chi connectivity index (χ2v) is 11.1. The average molecular weight is 562 g/mol. The molecular formula is C30H29F2N5O4. The van der Waals surface area contributed by atoms with Gasteiger partial charge in [-0.1, -0.05) is 18.2 Å². The Morgan fingerprint density at radius 3 is 2.46 bits per heavy atom. The second kappa shape index (κ2) is 10.1. The highest BCUT2D eigenvalue weighted by Crippen LogP contribution is 2.48. The van der Waals surface area contributed by atoms with Gasteiger partial charge in [-0.15, -0.1) is 0 Å². The molecule has 41 heavy (non-hydrogen) atoms. The molecule has 2 bridgehead atoms. The predicted molar refractivity (Wildman–Crippen MR) is 145 cm³/mol. The number of ether oxygens (including phenoxy) is 2. The standard InChI is InChI=1S/C30H29F2N5O4/c1-40-23-10-21(20-4-2-3-5-22(20)41-29(31)32)27-26(23)35-24-9-8-16(15-37(24)27)19-11-33-30(34-12-19)36-13-17-6-7-18(14-36)25(17)28(38)39/h2-5,8-9,11-12,15,17-18,21,23,25,29H,6-7,10,13-14H2,1H3,(H,38,39)/t17?,18?,21-,23-,25?/m1/s1. The van der Waals surface area contributed by atoms with Gasteiger partial charge < -0.3 is 23.9 Å². The molecule has 0 radical (unpaired) electrons. The van der Waals surface area contributed by atoms with E-state index in [1.807, 2.05) is 34.9 Å². The van der Waals surface area contributed by atoms with Crippen molar-refractivity contribution in [3.05, 3.63) is 71.9 Å². The van der Waals surface area contributed by atoms with Gasteiger partial charge in [0.15, 0.2) is 0 Å². The molecule has 1 saturated carbocycles. The highest BCUT2D eigenvalue weighted by atomic mass is 19.3. The number of para-hydroxylation sites is 1. The Labute approximate surface area is 234 Å². The maximum atomic E-state index is 13.2. The lowest BCUT2D eigenvalue weighted by atomic mass is 9.85. The molecule has 0 amide bonds. The lowest BCUT2D eigenvalue weighted by Crippen LogP contribution is -2.45. The van der Waals surface area contributed by atoms with Crippen molar-refractivity contribution in [1.29, 1.82) is 0 Å². The number of aromatic nitrogens is 4. The van der Waals surface area contributed by atoms with E-state index in [-0.39, 0.29) is 35.5 Å². The molecule has 212 valence electrons. The summed E-state index contributed by atoms with van der Waals surface area (Å²) < 4.78 is 39.0. The Morgan fingerprint density at radius 2 is 1.78 bits per heavy atom. The zero-order valence-electron chi connectivity index (χ0n) is 22.4. The maximum absolute atomic E-state index is 13.2. The third-order valence-electron chi connectivity index (χ3n) is 8.94. The third-order valence-corrected chi connectivity index (χ3v) is 8.94. The molecule has 2 aliphatic carbocycles. The summed E-state index contributed by atoms with van der Waals surface area (Å²) in [5.41, 5.74) is 4.76. The molecule has 1 saturated heterocycles. The topological polar surface area (TPSA) is 102 Å². The van der Waals surface area contributed by atoms with Crippen LogP contribution in [-0.2, 0) is 9.53 Å². The average Bonchev–Trinajstić information content (AvgIpc) is 3.61. The number of alkyl halides is 2. The zero-order chi connectivity index (χ0) is 28.2. The minimum absolute atomic E-state index is 0.125. The number of aliphatic carboxylic acids is 1. The number of hydrogen-bond acceptors (Lipinski definition) is 7. The lowest BCUT2D eigenvalue weighted by Gasteiger charge is -2.35. The first kappa shape index (κ1) is 25.8. The molecule has 1 aromatic carbocycles. The molecule has 9 nitrogen and oxygen atoms in total. The largest absolute Gasteiger partial charge is 0.481 e. The van der Waals surface area contributed by atoms with Gasteiger partial charge in [-0.2, -0.15) is 8.78 Å². The van der Waals surface area contributed by atoms with E-state index in [4.69, 9.17) is 14.5 Å². The molecule has 1 aliphatic heterocycles. The van der Waals surface area contributed by atoms with Gasteiger partial charge in [-0.05, 0) is 49.3 Å². The summed E-state index contributed by atoms with van der Waals surface area (Å²) in [6.07, 6.45) is 7.68. The van der Waals surface area contributed by atoms with Crippen LogP contribution in [-0.4, -0.2) is 57.2 Å². The van der Waals surface area contributed by atoms with E-state index in [2.05, 4.69) is 14.9 Å². The van der Waals surface area contributed by atoms with Gasteiger partial charge in [-0.3, -0.25) is 4.79 Å². The number of nitrogens with zero attached hydrogens (tertiary/aromatic N) is 5. The molecule has 3 aliphatic rings. The number of rotatable bonds is 7. The molecular weight excluding hydrogens is 532 g/mol. The fraction of sp³-hybridized carbons (Fsp3) is 0.400. The zero-order valence-corrected chi connectivity index (χ0v) is 22.4. The summed E-state index contributed by atoms with van der Waals surface area (Å²) >= 11 is 0. The third kappa shape index (κ3) is 4.39. The van der Waals surface area contributed by atoms with E-state index in [1.165, 1.54) is 0 Å². The van der Waals surface area contributed by atoms with Crippen molar-refractivity contribution in [2.45, 2.75) is 37.9 Å². The van der Waals surface area contributed by atoms with E-state index in [0.717, 1.165) is 41.0 Å². The number of imidazole rings is 1. The van der Waals surface area contributed by atoms with Crippen molar-refractivity contribution in [2.24, 2.45) is 17.8 Å². The van der Waals surface area contributed by atoms with Crippen molar-refractivity contribution < 1.29 is 28.2 Å². The van der Waals surface area contributed by atoms with E-state index < -0.39 is 12.6 Å². The normalized spacial score (nSPS) is 25.2. The van der Waals surface area contributed by atoms with Crippen LogP contribution < -0.4 is 9.64 Å². The van der Waals surface area contributed by atoms with E-state index in [1.54, 1.807) is 31.6 Å². The number of anilines is 1. The predicted octanol–water partition coefficient (Wildman–Crippen LogP) is 5.16. The summed E-state index contributed by atoms with van der Waals surface area (Å²) in [5.74, 6) is -0.217. The van der Waals surface area contributed by atoms with Crippen LogP contribution in [0, 0.1) is 17.8 Å². The number of pyridine rings is 1. The lowest BCUT2D eigenvalue weighted by molar-refractivity contribution is -0.144. The first-order valence-corrected chi connectivity index (χ1v) is 13.8. The molecule has 0 spiro atoms. The molecule has 7 rings (SSSR count). The number of hydrogen-bond donors (Lipinski definition) is 1. The molecule has 3 aromatic heterocycles. The van der Waals surface area contributed by atoms with Crippen molar-refractivity contribution in [2.75, 3.05) is 25.1 Å². The number of methoxy groups -OCH3 is 1. The molecule has 11 heteroatoms. The Kier molecular flexibility index (Phi) is 6.33. The molecule has 2 fully saturated rings. The van der Waals surface area contributed by atoms with Crippen LogP contribution in [0.1, 0.15) is 48.2 Å². The first-order valence-electron chi connectivity index (χ1n) is 13.8. The number of carboxylic acids is 1. The summed E-state index contributed by atoms with van der Waals surface area (Å²) in [6, 6.07) is 10.7. The number of fused-ring (bicyclic) bond motifs is 5. The number of halogens is 2. The summed E-state index contributed by atoms with van der Waals surface area (Å²) in [4.78, 5) is 27.9. The van der Waals surface area contributed by atoms with Crippen LogP contribution >= 0.6 is 0 Å². The summed E-state index contributed by atoms with van der Waals surface area (Å²) in [6.45, 7) is -1.62. The molecule has 4 heterocycles. The van der Waals surface area contributed by atoms with Crippen LogP contribution in [0.5, 0.6) is 5.75 Å². The molecule has 2 unspecified atom stereocenters. The monoisotopic (exact) mass is 561 g/mol. The quantitative estimate of drug-likeness (QED) is 0.330. The van der Waals surface area contributed by atoms with Gasteiger partial charge in [0.25, 0.3) is 0 Å². The first-order chi connectivity index (χ1) is 19.9. The van der Waals surface area contributed by atoms with Crippen molar-refractivity contribution in [3.8, 4) is 16.9 Å². The van der Waals surface area contributed by atoms with Gasteiger partial charge in [0.05, 0.1) is 17.3 Å². The van der Waals surface area contributed by atoms with Gasteiger partial charge in [0, 0.05) is 61.4 Å². The Morgan fingerprint density at radius 1 is 1.05 bits per heavy atom. The Bertz CT molecular complexity index is 1600. The maximum Gasteiger partial charge on any atom is 0.387 e. The fourth-order valence-corrected chi connectivity index (χ4v) is 7.15. The van der Waals surface area contributed by atoms with Crippen molar-refractivity contribution in [1.82, 2.24) is 19.4 Å². The number of carboxylic acid groups (broad SMARTS) is 1. The summed E-state index contributed by atoms with van der Waals surface area (Å²) in [7, 11) is 1.63. The number of benzene rings is 1. The van der Waals surface area contributed by atoms with E-state index in [0.29, 0.717) is 31.0 Å². The summed E-state index contributed by atoms with van der Waals surface area (Å²) in [5, 5.41) is 9.61. The van der Waals surface area contributed by atoms with Gasteiger partial charge in [0.2, 0.25) is 5.95 Å². The minimum atomic E-state index is -2.93. The molecule has 4 aromatic rings. The van der Waals surface area contributed by atoms with Crippen LogP contribution in [0.4, 0.5) is 14.7 Å². The van der Waals surface area contributed by atoms with Crippen LogP contribution in [0.25, 0.3) is 16.8 Å². The van der Waals surface area contributed by atoms with E-state index in [9.17, 15) is 18.7 Å². The number of carbonyl (C=O) groups is 1. The smallest absolute Gasteiger partial charge is 0.387 e. The molecule has 1 N–H and O–H groups in total. The van der Waals surface area contributed by atoms with Crippen LogP contribution in [0.15, 0.2) is 55.0 Å². The molecule has 4 atom stereocenters. The van der Waals surface area contributed by atoms with E-state index >= 15 is 0 Å². The van der Waals surface area contributed by atoms with Crippen molar-refractivity contribution in [3.63, 3.8) is 0 Å². The van der Waals surface area contributed by atoms with Crippen LogP contribution in [0.3, 0.4) is 0 Å². The van der Waals surface area contributed by atoms with Gasteiger partial charge in [-0.25, -0.2) is 15.0 Å². The highest BCUT2D eigenvalue weighted by molar-refractivity contribution is 5.72. The Balaban J connectivity index is 1.21. The highest BCUT2D eigenvalue weighted by Gasteiger charge is 2.46.